The summed E-state index contributed by atoms with van der Waals surface area (Å²) in [6, 6.07) is 3.89. The van der Waals surface area contributed by atoms with E-state index in [0.717, 1.165) is 24.2 Å². The summed E-state index contributed by atoms with van der Waals surface area (Å²) in [6.45, 7) is 3.49. The van der Waals surface area contributed by atoms with E-state index in [0.29, 0.717) is 29.6 Å². The van der Waals surface area contributed by atoms with Gasteiger partial charge in [0.1, 0.15) is 0 Å². The molecular weight excluding hydrogens is 448 g/mol. The van der Waals surface area contributed by atoms with Crippen molar-refractivity contribution in [1.29, 1.82) is 0 Å². The van der Waals surface area contributed by atoms with Gasteiger partial charge < -0.3 is 9.64 Å². The summed E-state index contributed by atoms with van der Waals surface area (Å²) >= 11 is 0. The van der Waals surface area contributed by atoms with Crippen LogP contribution in [-0.4, -0.2) is 29.8 Å². The van der Waals surface area contributed by atoms with E-state index < -0.39 is 5.97 Å². The molecule has 1 aliphatic heterocycles. The van der Waals surface area contributed by atoms with Crippen molar-refractivity contribution in [1.82, 2.24) is 4.90 Å². The second-order valence-electron chi connectivity index (χ2n) is 8.02. The zero-order chi connectivity index (χ0) is 25.8. The monoisotopic (exact) mass is 477 g/mol. The Morgan fingerprint density at radius 3 is 2.44 bits per heavy atom. The molecule has 36 heavy (non-hydrogen) atoms. The van der Waals surface area contributed by atoms with Crippen LogP contribution < -0.4 is 4.57 Å². The number of terminal acetylenes is 2. The van der Waals surface area contributed by atoms with Crippen LogP contribution in [0.15, 0.2) is 102 Å². The first-order chi connectivity index (χ1) is 17.5. The molecule has 1 aromatic rings. The Balaban J connectivity index is 1.82. The molecule has 0 atom stereocenters. The molecule has 0 unspecified atom stereocenters. The molecule has 0 bridgehead atoms. The Morgan fingerprint density at radius 2 is 1.78 bits per heavy atom. The summed E-state index contributed by atoms with van der Waals surface area (Å²) in [6.07, 6.45) is 33.9. The second-order valence-corrected chi connectivity index (χ2v) is 8.02. The highest BCUT2D eigenvalue weighted by Crippen LogP contribution is 2.23. The van der Waals surface area contributed by atoms with Gasteiger partial charge in [0.25, 0.3) is 0 Å². The molecule has 5 heteroatoms. The van der Waals surface area contributed by atoms with Gasteiger partial charge in [0.15, 0.2) is 24.7 Å². The van der Waals surface area contributed by atoms with Crippen LogP contribution in [0.2, 0.25) is 0 Å². The van der Waals surface area contributed by atoms with Crippen LogP contribution in [-0.2, 0) is 20.9 Å². The quantitative estimate of drug-likeness (QED) is 0.231. The van der Waals surface area contributed by atoms with Gasteiger partial charge in [0.05, 0.1) is 18.6 Å². The first kappa shape index (κ1) is 26.0. The van der Waals surface area contributed by atoms with Crippen molar-refractivity contribution >= 4 is 17.8 Å². The van der Waals surface area contributed by atoms with Gasteiger partial charge in [0.2, 0.25) is 0 Å². The first-order valence-electron chi connectivity index (χ1n) is 11.8. The number of pyridine rings is 1. The Hall–Kier alpha value is -4.61. The van der Waals surface area contributed by atoms with E-state index in [1.807, 2.05) is 70.7 Å². The van der Waals surface area contributed by atoms with Crippen LogP contribution in [0.1, 0.15) is 25.3 Å². The van der Waals surface area contributed by atoms with Crippen LogP contribution in [0.3, 0.4) is 0 Å². The number of allylic oxidation sites excluding steroid dienone is 9. The number of ether oxygens (including phenoxy) is 1. The molecule has 0 radical (unpaired) electrons. The summed E-state index contributed by atoms with van der Waals surface area (Å²) in [4.78, 5) is 27.6. The third-order valence-corrected chi connectivity index (χ3v) is 5.43. The number of aromatic nitrogens is 1. The van der Waals surface area contributed by atoms with E-state index in [4.69, 9.17) is 17.6 Å². The van der Waals surface area contributed by atoms with Crippen molar-refractivity contribution in [2.75, 3.05) is 13.2 Å². The minimum atomic E-state index is -0.467. The number of carbonyl (C=O) groups excluding carboxylic acids is 2. The van der Waals surface area contributed by atoms with E-state index in [9.17, 15) is 9.59 Å². The number of hydrogen-bond donors (Lipinski definition) is 0. The van der Waals surface area contributed by atoms with Crippen LogP contribution in [0.5, 0.6) is 0 Å². The maximum absolute atomic E-state index is 13.2. The SMILES string of the molecule is C#CCCN1C=CC(=CC=C2C=C(C(=O)OCC)C=C(C=Cc3cc[n+](CCC#C)cc3)C2=O)C=C1. The maximum Gasteiger partial charge on any atom is 0.338 e. The highest BCUT2D eigenvalue weighted by atomic mass is 16.5. The minimum Gasteiger partial charge on any atom is -0.462 e. The van der Waals surface area contributed by atoms with Gasteiger partial charge in [-0.1, -0.05) is 24.3 Å². The number of esters is 1. The summed E-state index contributed by atoms with van der Waals surface area (Å²) in [5.74, 6) is 4.61. The Labute approximate surface area is 213 Å². The third kappa shape index (κ3) is 7.45. The molecule has 3 rings (SSSR count). The number of aryl methyl sites for hydroxylation is 1. The highest BCUT2D eigenvalue weighted by molar-refractivity contribution is 6.16. The molecule has 2 heterocycles. The smallest absolute Gasteiger partial charge is 0.338 e. The summed E-state index contributed by atoms with van der Waals surface area (Å²) in [5, 5.41) is 0. The molecule has 0 aromatic carbocycles. The average Bonchev–Trinajstić information content (AvgIpc) is 2.90. The largest absolute Gasteiger partial charge is 0.462 e. The third-order valence-electron chi connectivity index (χ3n) is 5.43. The van der Waals surface area contributed by atoms with Crippen molar-refractivity contribution in [3.8, 4) is 24.7 Å². The van der Waals surface area contributed by atoms with Crippen LogP contribution in [0, 0.1) is 24.7 Å². The number of ketones is 1. The van der Waals surface area contributed by atoms with E-state index >= 15 is 0 Å². The van der Waals surface area contributed by atoms with Crippen molar-refractivity contribution in [2.45, 2.75) is 26.3 Å². The Kier molecular flexibility index (Phi) is 9.62. The molecule has 0 fully saturated rings. The molecule has 0 spiro atoms. The molecule has 1 aromatic heterocycles. The molecular formula is C31H29N2O3+. The number of Topliss-reactive ketones (excluding diaryl/α,β-unsaturated/α-hetero) is 1. The van der Waals surface area contributed by atoms with E-state index in [1.54, 1.807) is 31.2 Å². The number of rotatable bonds is 9. The van der Waals surface area contributed by atoms with Crippen LogP contribution >= 0.6 is 0 Å². The predicted molar refractivity (Wildman–Crippen MR) is 142 cm³/mol. The lowest BCUT2D eigenvalue weighted by Gasteiger charge is -2.17. The predicted octanol–water partition coefficient (Wildman–Crippen LogP) is 4.23. The van der Waals surface area contributed by atoms with E-state index in [1.165, 1.54) is 0 Å². The van der Waals surface area contributed by atoms with Crippen LogP contribution in [0.4, 0.5) is 0 Å². The van der Waals surface area contributed by atoms with Crippen molar-refractivity contribution in [3.05, 3.63) is 107 Å². The van der Waals surface area contributed by atoms with Crippen molar-refractivity contribution in [2.24, 2.45) is 0 Å². The second kappa shape index (κ2) is 13.3. The van der Waals surface area contributed by atoms with Gasteiger partial charge in [-0.15, -0.1) is 24.7 Å². The van der Waals surface area contributed by atoms with Gasteiger partial charge in [-0.2, -0.15) is 0 Å². The Bertz CT molecular complexity index is 1270. The lowest BCUT2D eigenvalue weighted by molar-refractivity contribution is -0.695. The fourth-order valence-corrected chi connectivity index (χ4v) is 3.47. The summed E-state index contributed by atoms with van der Waals surface area (Å²) in [5.41, 5.74) is 2.99. The standard InChI is InChI=1S/C31H29N2O3/c1-4-7-17-32-19-13-25(14-20-32)9-11-27-23-29(31(35)36-6-3)24-28(30(27)34)12-10-26-15-21-33(22-16-26)18-8-5-2/h1-2,9-16,19-24H,6-8,17-18H2,3H3/q+1. The van der Waals surface area contributed by atoms with Gasteiger partial charge in [-0.25, -0.2) is 9.36 Å². The number of carbonyl (C=O) groups is 2. The lowest BCUT2D eigenvalue weighted by atomic mass is 9.92. The van der Waals surface area contributed by atoms with Gasteiger partial charge in [-0.3, -0.25) is 4.79 Å². The van der Waals surface area contributed by atoms with Crippen molar-refractivity contribution in [3.63, 3.8) is 0 Å². The van der Waals surface area contributed by atoms with Gasteiger partial charge >= 0.3 is 5.97 Å². The lowest BCUT2D eigenvalue weighted by Crippen LogP contribution is -2.32. The molecule has 0 saturated carbocycles. The number of hydrogen-bond acceptors (Lipinski definition) is 4. The normalized spacial score (nSPS) is 16.0. The fraction of sp³-hybridized carbons (Fsp3) is 0.194. The minimum absolute atomic E-state index is 0.171. The topological polar surface area (TPSA) is 50.5 Å². The van der Waals surface area contributed by atoms with E-state index in [2.05, 4.69) is 11.8 Å². The maximum atomic E-state index is 13.2. The van der Waals surface area contributed by atoms with Gasteiger partial charge in [-0.05, 0) is 42.4 Å². The molecule has 0 N–H and O–H groups in total. The number of nitrogens with zero attached hydrogens (tertiary/aromatic N) is 2. The molecule has 0 saturated heterocycles. The van der Waals surface area contributed by atoms with Gasteiger partial charge in [0, 0.05) is 48.6 Å². The first-order valence-corrected chi connectivity index (χ1v) is 11.8. The summed E-state index contributed by atoms with van der Waals surface area (Å²) < 4.78 is 7.17. The zero-order valence-corrected chi connectivity index (χ0v) is 20.4. The zero-order valence-electron chi connectivity index (χ0n) is 20.4. The molecule has 1 aliphatic carbocycles. The Morgan fingerprint density at radius 1 is 1.06 bits per heavy atom. The molecule has 180 valence electrons. The fourth-order valence-electron chi connectivity index (χ4n) is 3.47. The average molecular weight is 478 g/mol. The highest BCUT2D eigenvalue weighted by Gasteiger charge is 2.21. The van der Waals surface area contributed by atoms with Crippen molar-refractivity contribution < 1.29 is 18.9 Å². The molecule has 5 nitrogen and oxygen atoms in total. The van der Waals surface area contributed by atoms with Crippen LogP contribution in [0.25, 0.3) is 6.08 Å². The van der Waals surface area contributed by atoms with E-state index in [-0.39, 0.29) is 12.4 Å². The molecule has 0 amide bonds. The summed E-state index contributed by atoms with van der Waals surface area (Å²) in [7, 11) is 0. The molecule has 2 aliphatic rings.